The molecular formula is C16H23ClN2O. The molecule has 1 aliphatic carbocycles. The van der Waals surface area contributed by atoms with Gasteiger partial charge in [0, 0.05) is 17.3 Å². The molecule has 1 aromatic heterocycles. The summed E-state index contributed by atoms with van der Waals surface area (Å²) in [6.45, 7) is 4.23. The molecule has 0 radical (unpaired) electrons. The maximum absolute atomic E-state index is 12.3. The van der Waals surface area contributed by atoms with Crippen LogP contribution in [-0.4, -0.2) is 16.9 Å². The monoisotopic (exact) mass is 294 g/mol. The summed E-state index contributed by atoms with van der Waals surface area (Å²) in [4.78, 5) is 16.5. The highest BCUT2D eigenvalue weighted by Gasteiger charge is 2.22. The van der Waals surface area contributed by atoms with Gasteiger partial charge in [0.1, 0.15) is 5.15 Å². The number of nitrogens with one attached hydrogen (secondary N) is 1. The summed E-state index contributed by atoms with van der Waals surface area (Å²) in [5, 5.41) is 3.55. The lowest BCUT2D eigenvalue weighted by Gasteiger charge is -2.29. The molecule has 2 rings (SSSR count). The number of halogens is 1. The summed E-state index contributed by atoms with van der Waals surface area (Å²) in [5.41, 5.74) is 1.48. The fraction of sp³-hybridized carbons (Fsp3) is 0.625. The first-order chi connectivity index (χ1) is 9.62. The van der Waals surface area contributed by atoms with Crippen LogP contribution in [0.2, 0.25) is 5.15 Å². The second-order valence-electron chi connectivity index (χ2n) is 5.63. The summed E-state index contributed by atoms with van der Waals surface area (Å²) in [5.74, 6) is 0.729. The van der Waals surface area contributed by atoms with Crippen LogP contribution in [0.3, 0.4) is 0 Å². The Morgan fingerprint density at radius 1 is 1.40 bits per heavy atom. The van der Waals surface area contributed by atoms with Crippen molar-refractivity contribution in [1.82, 2.24) is 10.3 Å². The van der Waals surface area contributed by atoms with Crippen LogP contribution in [-0.2, 0) is 6.42 Å². The molecule has 1 amide bonds. The van der Waals surface area contributed by atoms with Crippen LogP contribution in [0.5, 0.6) is 0 Å². The molecule has 1 N–H and O–H groups in total. The molecule has 2 atom stereocenters. The summed E-state index contributed by atoms with van der Waals surface area (Å²) < 4.78 is 0. The first-order valence-corrected chi connectivity index (χ1v) is 7.97. The average Bonchev–Trinajstić information content (AvgIpc) is 2.46. The Kier molecular flexibility index (Phi) is 5.41. The molecule has 0 saturated heterocycles. The van der Waals surface area contributed by atoms with Crippen LogP contribution in [0.4, 0.5) is 0 Å². The van der Waals surface area contributed by atoms with E-state index in [1.807, 2.05) is 13.0 Å². The Balaban J connectivity index is 2.02. The summed E-state index contributed by atoms with van der Waals surface area (Å²) >= 11 is 5.97. The molecule has 1 aliphatic rings. The van der Waals surface area contributed by atoms with Gasteiger partial charge in [-0.3, -0.25) is 4.79 Å². The van der Waals surface area contributed by atoms with E-state index in [4.69, 9.17) is 11.6 Å². The minimum absolute atomic E-state index is 0.0225. The smallest absolute Gasteiger partial charge is 0.251 e. The zero-order valence-electron chi connectivity index (χ0n) is 12.3. The van der Waals surface area contributed by atoms with Gasteiger partial charge in [0.05, 0.1) is 0 Å². The molecule has 20 heavy (non-hydrogen) atoms. The van der Waals surface area contributed by atoms with Crippen molar-refractivity contribution in [2.75, 3.05) is 0 Å². The normalized spacial score (nSPS) is 22.6. The summed E-state index contributed by atoms with van der Waals surface area (Å²) in [7, 11) is 0. The van der Waals surface area contributed by atoms with Gasteiger partial charge in [-0.25, -0.2) is 4.98 Å². The van der Waals surface area contributed by atoms with Gasteiger partial charge in [-0.05, 0) is 37.3 Å². The Bertz CT molecular complexity index is 476. The Morgan fingerprint density at radius 2 is 2.20 bits per heavy atom. The van der Waals surface area contributed by atoms with Crippen LogP contribution in [0.15, 0.2) is 12.1 Å². The van der Waals surface area contributed by atoms with Crippen molar-refractivity contribution in [2.24, 2.45) is 5.92 Å². The van der Waals surface area contributed by atoms with Crippen molar-refractivity contribution in [2.45, 2.75) is 58.4 Å². The molecule has 0 spiro atoms. The molecule has 110 valence electrons. The van der Waals surface area contributed by atoms with Gasteiger partial charge in [0.2, 0.25) is 0 Å². The number of rotatable bonds is 4. The van der Waals surface area contributed by atoms with E-state index in [9.17, 15) is 4.79 Å². The molecule has 1 saturated carbocycles. The highest BCUT2D eigenvalue weighted by molar-refractivity contribution is 6.29. The zero-order valence-corrected chi connectivity index (χ0v) is 13.0. The number of hydrogen-bond donors (Lipinski definition) is 1. The molecule has 1 fully saturated rings. The lowest BCUT2D eigenvalue weighted by molar-refractivity contribution is 0.0919. The number of carbonyl (C=O) groups excluding carboxylic acids is 1. The highest BCUT2D eigenvalue weighted by Crippen LogP contribution is 2.26. The largest absolute Gasteiger partial charge is 0.349 e. The maximum Gasteiger partial charge on any atom is 0.251 e. The van der Waals surface area contributed by atoms with Crippen LogP contribution in [0, 0.1) is 5.92 Å². The fourth-order valence-electron chi connectivity index (χ4n) is 2.93. The second kappa shape index (κ2) is 7.07. The van der Waals surface area contributed by atoms with Crippen LogP contribution in [0.25, 0.3) is 0 Å². The van der Waals surface area contributed by atoms with E-state index in [2.05, 4.69) is 17.2 Å². The van der Waals surface area contributed by atoms with Crippen molar-refractivity contribution >= 4 is 17.5 Å². The van der Waals surface area contributed by atoms with Crippen molar-refractivity contribution in [3.63, 3.8) is 0 Å². The third-order valence-corrected chi connectivity index (χ3v) is 4.36. The molecule has 0 aliphatic heterocycles. The summed E-state index contributed by atoms with van der Waals surface area (Å²) in [6, 6.07) is 3.79. The molecule has 0 aromatic carbocycles. The third-order valence-electron chi connectivity index (χ3n) is 4.17. The van der Waals surface area contributed by atoms with Crippen LogP contribution >= 0.6 is 11.6 Å². The van der Waals surface area contributed by atoms with E-state index in [1.54, 1.807) is 6.07 Å². The highest BCUT2D eigenvalue weighted by atomic mass is 35.5. The van der Waals surface area contributed by atoms with E-state index < -0.39 is 0 Å². The molecule has 2 unspecified atom stereocenters. The van der Waals surface area contributed by atoms with Crippen LogP contribution in [0.1, 0.15) is 62.0 Å². The predicted molar refractivity (Wildman–Crippen MR) is 82.1 cm³/mol. The minimum Gasteiger partial charge on any atom is -0.349 e. The number of aryl methyl sites for hydroxylation is 1. The number of carbonyl (C=O) groups is 1. The Labute approximate surface area is 126 Å². The number of hydrogen-bond acceptors (Lipinski definition) is 2. The van der Waals surface area contributed by atoms with Gasteiger partial charge in [-0.2, -0.15) is 0 Å². The van der Waals surface area contributed by atoms with Gasteiger partial charge < -0.3 is 5.32 Å². The minimum atomic E-state index is -0.0225. The Morgan fingerprint density at radius 3 is 2.90 bits per heavy atom. The molecule has 4 heteroatoms. The molecule has 1 aromatic rings. The molecule has 1 heterocycles. The molecule has 3 nitrogen and oxygen atoms in total. The topological polar surface area (TPSA) is 42.0 Å². The quantitative estimate of drug-likeness (QED) is 0.853. The van der Waals surface area contributed by atoms with Gasteiger partial charge in [-0.15, -0.1) is 0 Å². The van der Waals surface area contributed by atoms with E-state index in [0.717, 1.165) is 30.9 Å². The van der Waals surface area contributed by atoms with Crippen molar-refractivity contribution < 1.29 is 4.79 Å². The lowest BCUT2D eigenvalue weighted by Crippen LogP contribution is -2.38. The zero-order chi connectivity index (χ0) is 14.5. The number of amides is 1. The first kappa shape index (κ1) is 15.3. The van der Waals surface area contributed by atoms with Crippen LogP contribution < -0.4 is 5.32 Å². The van der Waals surface area contributed by atoms with E-state index >= 15 is 0 Å². The van der Waals surface area contributed by atoms with Crippen molar-refractivity contribution in [3.8, 4) is 0 Å². The SMILES string of the molecule is CCc1cc(C(=O)NC2CCCC(CC)C2)cc(Cl)n1. The van der Waals surface area contributed by atoms with Crippen molar-refractivity contribution in [3.05, 3.63) is 28.5 Å². The first-order valence-electron chi connectivity index (χ1n) is 7.59. The fourth-order valence-corrected chi connectivity index (χ4v) is 3.15. The lowest BCUT2D eigenvalue weighted by atomic mass is 9.84. The third kappa shape index (κ3) is 3.95. The average molecular weight is 295 g/mol. The van der Waals surface area contributed by atoms with Gasteiger partial charge >= 0.3 is 0 Å². The van der Waals surface area contributed by atoms with E-state index in [0.29, 0.717) is 16.8 Å². The summed E-state index contributed by atoms with van der Waals surface area (Å²) in [6.07, 6.45) is 6.67. The van der Waals surface area contributed by atoms with E-state index in [1.165, 1.54) is 19.3 Å². The second-order valence-corrected chi connectivity index (χ2v) is 6.02. The molecule has 0 bridgehead atoms. The maximum atomic E-state index is 12.3. The number of aromatic nitrogens is 1. The molecular weight excluding hydrogens is 272 g/mol. The number of pyridine rings is 1. The predicted octanol–water partition coefficient (Wildman–Crippen LogP) is 4.00. The van der Waals surface area contributed by atoms with Gasteiger partial charge in [0.25, 0.3) is 5.91 Å². The van der Waals surface area contributed by atoms with E-state index in [-0.39, 0.29) is 5.91 Å². The van der Waals surface area contributed by atoms with Gasteiger partial charge in [0.15, 0.2) is 0 Å². The standard InChI is InChI=1S/C16H23ClN2O/c1-3-11-6-5-7-14(8-11)19-16(20)12-9-13(4-2)18-15(17)10-12/h9-11,14H,3-8H2,1-2H3,(H,19,20). The van der Waals surface area contributed by atoms with Crippen molar-refractivity contribution in [1.29, 1.82) is 0 Å². The number of nitrogens with zero attached hydrogens (tertiary/aromatic N) is 1. The van der Waals surface area contributed by atoms with Gasteiger partial charge in [-0.1, -0.05) is 44.7 Å². The Hall–Kier alpha value is -1.09.